The highest BCUT2D eigenvalue weighted by molar-refractivity contribution is 5.73. The summed E-state index contributed by atoms with van der Waals surface area (Å²) >= 11 is 0. The van der Waals surface area contributed by atoms with Crippen molar-refractivity contribution in [2.45, 2.75) is 349 Å². The van der Waals surface area contributed by atoms with Crippen molar-refractivity contribution in [3.63, 3.8) is 0 Å². The van der Waals surface area contributed by atoms with Crippen LogP contribution < -0.4 is 10.6 Å². The smallest absolute Gasteiger partial charge is 0.373 e. The third-order valence-electron chi connectivity index (χ3n) is 23.6. The van der Waals surface area contributed by atoms with Crippen molar-refractivity contribution in [2.24, 2.45) is 17.8 Å². The highest BCUT2D eigenvalue weighted by Crippen LogP contribution is 2.42. The topological polar surface area (TPSA) is 834 Å². The van der Waals surface area contributed by atoms with Gasteiger partial charge >= 0.3 is 6.15 Å². The Bertz CT molecular complexity index is 3280. The molecule has 10 rings (SSSR count). The lowest BCUT2D eigenvalue weighted by molar-refractivity contribution is -0.400. The molecule has 0 radical (unpaired) electrons. The molecule has 10 aliphatic rings. The number of aliphatic hydroxyl groups is 28. The third-order valence-corrected chi connectivity index (χ3v) is 23.6. The van der Waals surface area contributed by atoms with Gasteiger partial charge in [-0.25, -0.2) is 0 Å². The summed E-state index contributed by atoms with van der Waals surface area (Å²) in [6.45, 7) is -1.65. The molecule has 10 heterocycles. The second kappa shape index (κ2) is 46.9. The van der Waals surface area contributed by atoms with E-state index < -0.39 is 396 Å². The first-order valence-electron chi connectivity index (χ1n) is 40.5. The average Bonchev–Trinajstić information content (AvgIpc) is 0.770. The van der Waals surface area contributed by atoms with Crippen molar-refractivity contribution < 1.29 is 252 Å². The molecule has 0 saturated carbocycles. The Labute approximate surface area is 711 Å². The molecule has 0 aromatic carbocycles. The maximum atomic E-state index is 13.1. The second-order valence-electron chi connectivity index (χ2n) is 32.6. The molecule has 726 valence electrons. The van der Waals surface area contributed by atoms with Crippen molar-refractivity contribution in [3.05, 3.63) is 0 Å². The Hall–Kier alpha value is -3.56. The molecule has 22 unspecified atom stereocenters. The normalized spacial score (nSPS) is 48.7. The van der Waals surface area contributed by atoms with Gasteiger partial charge in [-0.05, 0) is 5.92 Å². The molecular formula is C72H122N2O51. The van der Waals surface area contributed by atoms with Crippen molar-refractivity contribution >= 4 is 18.0 Å². The van der Waals surface area contributed by atoms with Gasteiger partial charge < -0.3 is 244 Å². The number of hydrogen-bond donors (Lipinski definition) is 30. The van der Waals surface area contributed by atoms with Gasteiger partial charge in [-0.15, -0.1) is 0 Å². The van der Waals surface area contributed by atoms with E-state index in [2.05, 4.69) is 10.6 Å². The number of aliphatic hydroxyl groups excluding tert-OH is 28. The number of rotatable bonds is 33. The molecule has 53 heteroatoms. The van der Waals surface area contributed by atoms with Gasteiger partial charge in [-0.2, -0.15) is 9.59 Å². The zero-order chi connectivity index (χ0) is 92.5. The van der Waals surface area contributed by atoms with E-state index >= 15 is 0 Å². The fourth-order valence-corrected chi connectivity index (χ4v) is 16.4. The van der Waals surface area contributed by atoms with Gasteiger partial charge in [0.05, 0.1) is 96.5 Å². The van der Waals surface area contributed by atoms with Gasteiger partial charge in [0.25, 0.3) is 0 Å². The molecule has 125 heavy (non-hydrogen) atoms. The number of carbonyl (C=O) groups is 2. The van der Waals surface area contributed by atoms with Crippen LogP contribution in [0.25, 0.3) is 0 Å². The van der Waals surface area contributed by atoms with Gasteiger partial charge in [-0.3, -0.25) is 9.59 Å². The lowest BCUT2D eigenvalue weighted by Gasteiger charge is -2.51. The number of carbonyl (C=O) groups excluding carboxylic acids is 4. The van der Waals surface area contributed by atoms with Crippen molar-refractivity contribution in [3.8, 4) is 0 Å². The molecule has 0 aromatic rings. The zero-order valence-corrected chi connectivity index (χ0v) is 68.2. The predicted molar refractivity (Wildman–Crippen MR) is 387 cm³/mol. The maximum Gasteiger partial charge on any atom is 0.373 e. The van der Waals surface area contributed by atoms with Crippen LogP contribution in [0.5, 0.6) is 0 Å². The lowest BCUT2D eigenvalue weighted by Crippen LogP contribution is -2.70. The van der Waals surface area contributed by atoms with Crippen LogP contribution in [0.4, 0.5) is 0 Å². The highest BCUT2D eigenvalue weighted by atomic mass is 16.8. The molecule has 10 fully saturated rings. The van der Waals surface area contributed by atoms with Crippen LogP contribution in [0.15, 0.2) is 0 Å². The van der Waals surface area contributed by atoms with Crippen LogP contribution in [-0.4, -0.2) is 528 Å². The van der Waals surface area contributed by atoms with Gasteiger partial charge in [0.15, 0.2) is 56.6 Å². The zero-order valence-electron chi connectivity index (χ0n) is 68.2. The summed E-state index contributed by atoms with van der Waals surface area (Å²) in [6.07, 6.45) is -91.7. The van der Waals surface area contributed by atoms with E-state index in [1.165, 1.54) is 13.8 Å². The molecule has 10 saturated heterocycles. The molecule has 51 atom stereocenters. The Kier molecular flexibility index (Phi) is 39.4. The first-order chi connectivity index (χ1) is 59.1. The van der Waals surface area contributed by atoms with Crippen molar-refractivity contribution in [1.29, 1.82) is 0 Å². The Morgan fingerprint density at radius 1 is 0.336 bits per heavy atom. The fourth-order valence-electron chi connectivity index (χ4n) is 16.4. The van der Waals surface area contributed by atoms with E-state index in [4.69, 9.17) is 99.6 Å². The van der Waals surface area contributed by atoms with E-state index in [-0.39, 0.29) is 12.6 Å². The fraction of sp³-hybridized carbons (Fsp3) is 0.958. The van der Waals surface area contributed by atoms with E-state index in [1.807, 2.05) is 0 Å². The molecule has 53 nitrogen and oxygen atoms in total. The summed E-state index contributed by atoms with van der Waals surface area (Å²) in [5.41, 5.74) is 0. The SMILES string of the molecule is CC(=O)N[C@@H]1C(O[C@@H]2C(CO)OC(C(C)C)[C@@H](NC(C)=O)[C@H]2O)OC(CO)[C@@H](OC2OC(COC3OC(COC4OC(CO)[C@@H](O)[C@H](O)[C@H]4O)[C@@H](O)[C@H](OC4O[C@@H](CO)[C@@H](O)[C@H](O)C4O)[C@H]3O)[C@@H](O)[C@H](O[C@H]3OC(CO)[C@@H](O)[C@H](O)C3OC3OC(CO)[C@@H](OC4OC(CO[C@@H]5CC(O)[C@@H](C)C(C(O)C(O)CO)O5)[C@H](O)[C@H](O)[C@@H]4O)[C@H](O)[C@@H]3C)[C@H]2O)[C@@H]1O.O=C=O. The maximum absolute atomic E-state index is 13.1. The summed E-state index contributed by atoms with van der Waals surface area (Å²) in [6, 6.07) is -3.08. The Morgan fingerprint density at radius 3 is 1.15 bits per heavy atom. The van der Waals surface area contributed by atoms with E-state index in [0.29, 0.717) is 0 Å². The van der Waals surface area contributed by atoms with Gasteiger partial charge in [-0.1, -0.05) is 27.7 Å². The van der Waals surface area contributed by atoms with Gasteiger partial charge in [0, 0.05) is 32.1 Å². The molecule has 0 aliphatic carbocycles. The summed E-state index contributed by atoms with van der Waals surface area (Å²) < 4.78 is 114. The lowest BCUT2D eigenvalue weighted by atomic mass is 9.87. The quantitative estimate of drug-likeness (QED) is 0.0290. The first-order valence-corrected chi connectivity index (χ1v) is 40.5. The Balaban J connectivity index is 0.00000581. The minimum absolute atomic E-state index is 0.230. The predicted octanol–water partition coefficient (Wildman–Crippen LogP) is -19.1. The van der Waals surface area contributed by atoms with Crippen LogP contribution in [-0.2, 0) is 109 Å². The van der Waals surface area contributed by atoms with Crippen LogP contribution in [0.3, 0.4) is 0 Å². The average molecular weight is 1830 g/mol. The first kappa shape index (κ1) is 105. The minimum atomic E-state index is -2.53. The standard InChI is InChI=1S/C71H122N2O49.CO2/c1-18(2)56-35(72-21(5)81)45(93)59(28(12-78)107-56)117-65-36(73-22(6)82)46(94)60(30(14-80)112-65)119-70-55(103)62(44(92)33(115-70)17-106-67-54(102)61(120-68-52(100)48(96)40(88)26(10-76)109-68)43(91)32(113-67)16-105-66-51(99)47(95)39(87)25(9-75)108-66)121-71-63(50(98)41(89)27(11-77)110-71)122-64-20(4)37(85)58(29(13-79)111-64)118-69-53(101)49(97)42(90)31(114-69)15-104-34-7-23(83)19(3)57(116-34)38(86)24(84)8-74;2-1-3/h18-20,23-71,74-80,83-103H,7-17H2,1-6H3,(H,72,81)(H,73,82);/t19-,20+,23?,24?,25?,26+,27?,28?,29?,30?,31?,32?,33?,34+,35+,36+,37-,38?,39-,40-,41-,42+,43-,44-,45-,46-,47+,48+,49+,50+,51-,52?,53+,54-,55-,56?,57?,58-,59-,60-,61+,62+,63?,64?,65?,66?,67?,68?,69?,70?,71-;/m1./s1. The molecular weight excluding hydrogens is 1710 g/mol. The van der Waals surface area contributed by atoms with Crippen LogP contribution in [0.1, 0.15) is 48.0 Å². The van der Waals surface area contributed by atoms with Crippen molar-refractivity contribution in [2.75, 3.05) is 66.1 Å². The third kappa shape index (κ3) is 24.0. The number of nitrogens with one attached hydrogen (secondary N) is 2. The number of ether oxygens (including phenoxy) is 19. The van der Waals surface area contributed by atoms with Crippen LogP contribution >= 0.6 is 0 Å². The highest BCUT2D eigenvalue weighted by Gasteiger charge is 2.61. The molecule has 0 bridgehead atoms. The van der Waals surface area contributed by atoms with E-state index in [1.54, 1.807) is 13.8 Å². The van der Waals surface area contributed by atoms with Crippen LogP contribution in [0.2, 0.25) is 0 Å². The molecule has 30 N–H and O–H groups in total. The summed E-state index contributed by atoms with van der Waals surface area (Å²) in [4.78, 5) is 41.9. The number of hydrogen-bond acceptors (Lipinski definition) is 51. The molecule has 2 amide bonds. The Morgan fingerprint density at radius 2 is 0.672 bits per heavy atom. The number of amides is 2. The van der Waals surface area contributed by atoms with Crippen LogP contribution in [0, 0.1) is 17.8 Å². The minimum Gasteiger partial charge on any atom is -0.394 e. The molecule has 0 aromatic heterocycles. The van der Waals surface area contributed by atoms with E-state index in [0.717, 1.165) is 13.8 Å². The monoisotopic (exact) mass is 1830 g/mol. The summed E-state index contributed by atoms with van der Waals surface area (Å²) in [5, 5.41) is 316. The largest absolute Gasteiger partial charge is 0.394 e. The summed E-state index contributed by atoms with van der Waals surface area (Å²) in [7, 11) is 0. The second-order valence-corrected chi connectivity index (χ2v) is 32.6. The van der Waals surface area contributed by atoms with E-state index in [9.17, 15) is 153 Å². The van der Waals surface area contributed by atoms with Gasteiger partial charge in [0.2, 0.25) is 11.8 Å². The molecule has 10 aliphatic heterocycles. The molecule has 0 spiro atoms. The van der Waals surface area contributed by atoms with Crippen molar-refractivity contribution in [1.82, 2.24) is 10.6 Å². The summed E-state index contributed by atoms with van der Waals surface area (Å²) in [5.74, 6) is -4.19. The van der Waals surface area contributed by atoms with Gasteiger partial charge in [0.1, 0.15) is 214 Å².